The van der Waals surface area contributed by atoms with Crippen molar-refractivity contribution in [1.29, 1.82) is 0 Å². The van der Waals surface area contributed by atoms with Crippen molar-refractivity contribution in [1.82, 2.24) is 10.2 Å². The number of amides is 2. The van der Waals surface area contributed by atoms with Crippen molar-refractivity contribution >= 4 is 17.8 Å². The summed E-state index contributed by atoms with van der Waals surface area (Å²) in [5, 5.41) is 3.23. The van der Waals surface area contributed by atoms with Crippen LogP contribution in [0.15, 0.2) is 29.2 Å². The molecular formula is C14H25FN2O3S. The van der Waals surface area contributed by atoms with Crippen LogP contribution < -0.4 is 5.32 Å². The molecule has 2 rings (SSSR count). The summed E-state index contributed by atoms with van der Waals surface area (Å²) < 4.78 is 12.8. The lowest BCUT2D eigenvalue weighted by Crippen LogP contribution is -2.46. The third kappa shape index (κ3) is 5.91. The molecule has 0 saturated carbocycles. The summed E-state index contributed by atoms with van der Waals surface area (Å²) >= 11 is 1.72. The van der Waals surface area contributed by atoms with Gasteiger partial charge in [-0.25, -0.2) is 9.18 Å². The van der Waals surface area contributed by atoms with Crippen LogP contribution in [0.2, 0.25) is 0 Å². The summed E-state index contributed by atoms with van der Waals surface area (Å²) in [5.74, 6) is -0.211. The van der Waals surface area contributed by atoms with Crippen molar-refractivity contribution in [2.24, 2.45) is 0 Å². The minimum Gasteiger partial charge on any atom is -0.412 e. The Labute approximate surface area is 130 Å². The van der Waals surface area contributed by atoms with Crippen LogP contribution in [0.1, 0.15) is 21.2 Å². The topological polar surface area (TPSA) is 95.3 Å². The van der Waals surface area contributed by atoms with Crippen LogP contribution >= 0.6 is 11.8 Å². The van der Waals surface area contributed by atoms with Crippen LogP contribution in [-0.4, -0.2) is 46.8 Å². The van der Waals surface area contributed by atoms with E-state index in [2.05, 4.69) is 5.32 Å². The second-order valence-electron chi connectivity index (χ2n) is 4.62. The van der Waals surface area contributed by atoms with Gasteiger partial charge in [-0.3, -0.25) is 0 Å². The molecule has 1 saturated heterocycles. The number of hydrogen-bond acceptors (Lipinski definition) is 2. The first-order valence-electron chi connectivity index (χ1n) is 6.64. The summed E-state index contributed by atoms with van der Waals surface area (Å²) in [7, 11) is 0. The predicted molar refractivity (Wildman–Crippen MR) is 85.3 cm³/mol. The van der Waals surface area contributed by atoms with Gasteiger partial charge in [-0.1, -0.05) is 0 Å². The van der Waals surface area contributed by atoms with E-state index in [1.807, 2.05) is 11.8 Å². The number of likely N-dealkylation sites (tertiary alicyclic amines) is 1. The van der Waals surface area contributed by atoms with Gasteiger partial charge in [0.2, 0.25) is 0 Å². The fourth-order valence-corrected chi connectivity index (χ4v) is 3.40. The second-order valence-corrected chi connectivity index (χ2v) is 5.99. The molecule has 1 atom stereocenters. The van der Waals surface area contributed by atoms with Crippen molar-refractivity contribution in [3.8, 4) is 0 Å². The zero-order valence-electron chi connectivity index (χ0n) is 12.1. The van der Waals surface area contributed by atoms with Crippen molar-refractivity contribution < 1.29 is 21.6 Å². The number of nitrogens with one attached hydrogen (secondary N) is 1. The van der Waals surface area contributed by atoms with E-state index in [4.69, 9.17) is 0 Å². The molecule has 1 aliphatic rings. The molecule has 0 radical (unpaired) electrons. The molecule has 2 amide bonds. The van der Waals surface area contributed by atoms with E-state index in [0.717, 1.165) is 30.8 Å². The molecular weight excluding hydrogens is 295 g/mol. The highest BCUT2D eigenvalue weighted by Gasteiger charge is 2.23. The number of carbonyl (C=O) groups is 1. The Balaban J connectivity index is 0. The Morgan fingerprint density at radius 1 is 1.43 bits per heavy atom. The Morgan fingerprint density at radius 3 is 2.71 bits per heavy atom. The molecule has 21 heavy (non-hydrogen) atoms. The minimum atomic E-state index is -0.211. The first kappa shape index (κ1) is 19.7. The van der Waals surface area contributed by atoms with E-state index in [1.54, 1.807) is 23.9 Å². The van der Waals surface area contributed by atoms with E-state index in [9.17, 15) is 9.18 Å². The zero-order chi connectivity index (χ0) is 13.7. The van der Waals surface area contributed by atoms with Crippen LogP contribution in [0.4, 0.5) is 9.18 Å². The summed E-state index contributed by atoms with van der Waals surface area (Å²) in [4.78, 5) is 14.7. The zero-order valence-corrected chi connectivity index (χ0v) is 12.9. The van der Waals surface area contributed by atoms with Gasteiger partial charge in [0.15, 0.2) is 0 Å². The fraction of sp³-hybridized carbons (Fsp3) is 0.500. The molecule has 1 heterocycles. The van der Waals surface area contributed by atoms with Gasteiger partial charge in [0.1, 0.15) is 5.82 Å². The molecule has 1 aromatic carbocycles. The van der Waals surface area contributed by atoms with Crippen LogP contribution in [0.25, 0.3) is 0 Å². The van der Waals surface area contributed by atoms with Gasteiger partial charge < -0.3 is 21.2 Å². The highest BCUT2D eigenvalue weighted by molar-refractivity contribution is 8.00. The third-order valence-corrected chi connectivity index (χ3v) is 4.37. The molecule has 1 unspecified atom stereocenters. The highest BCUT2D eigenvalue weighted by atomic mass is 32.2. The Hall–Kier alpha value is -1.31. The fourth-order valence-electron chi connectivity index (χ4n) is 2.19. The predicted octanol–water partition coefficient (Wildman–Crippen LogP) is 1.71. The van der Waals surface area contributed by atoms with E-state index >= 15 is 0 Å². The maximum atomic E-state index is 12.8. The van der Waals surface area contributed by atoms with E-state index in [1.165, 1.54) is 12.1 Å². The number of rotatable bonds is 3. The summed E-state index contributed by atoms with van der Waals surface area (Å²) in [6, 6.07) is 6.57. The van der Waals surface area contributed by atoms with E-state index in [-0.39, 0.29) is 24.2 Å². The second kappa shape index (κ2) is 9.59. The summed E-state index contributed by atoms with van der Waals surface area (Å²) in [5.41, 5.74) is 0. The SMILES string of the molecule is CCNC(=O)N1CCCC(Sc2ccc(F)cc2)C1.O.O.[HH]. The standard InChI is InChI=1S/C14H19FN2OS.2H2O.H2/c1-2-16-14(18)17-9-3-4-13(10-17)19-12-7-5-11(15)6-8-12;;;/h5-8,13H,2-4,9-10H2,1H3,(H,16,18);2*1H2;1H. The Kier molecular flexibility index (Phi) is 9.00. The van der Waals surface area contributed by atoms with Gasteiger partial charge in [-0.15, -0.1) is 11.8 Å². The van der Waals surface area contributed by atoms with Gasteiger partial charge >= 0.3 is 6.03 Å². The number of piperidine rings is 1. The Bertz CT molecular complexity index is 437. The third-order valence-electron chi connectivity index (χ3n) is 3.11. The first-order chi connectivity index (χ1) is 9.19. The molecule has 1 aromatic rings. The van der Waals surface area contributed by atoms with Gasteiger partial charge in [-0.2, -0.15) is 0 Å². The summed E-state index contributed by atoms with van der Waals surface area (Å²) in [6.07, 6.45) is 2.12. The average molecular weight is 320 g/mol. The quantitative estimate of drug-likeness (QED) is 0.917. The number of thioether (sulfide) groups is 1. The molecule has 1 aliphatic heterocycles. The normalized spacial score (nSPS) is 17.4. The van der Waals surface area contributed by atoms with Crippen LogP contribution in [0.5, 0.6) is 0 Å². The molecule has 1 fully saturated rings. The molecule has 0 bridgehead atoms. The number of hydrogen-bond donors (Lipinski definition) is 1. The monoisotopic (exact) mass is 320 g/mol. The van der Waals surface area contributed by atoms with Crippen LogP contribution in [0, 0.1) is 5.82 Å². The van der Waals surface area contributed by atoms with Gasteiger partial charge in [0.25, 0.3) is 0 Å². The maximum absolute atomic E-state index is 12.8. The minimum absolute atomic E-state index is 0. The van der Waals surface area contributed by atoms with Crippen molar-refractivity contribution in [2.45, 2.75) is 29.9 Å². The summed E-state index contributed by atoms with van der Waals surface area (Å²) in [6.45, 7) is 4.16. The smallest absolute Gasteiger partial charge is 0.317 e. The van der Waals surface area contributed by atoms with Crippen molar-refractivity contribution in [2.75, 3.05) is 19.6 Å². The van der Waals surface area contributed by atoms with E-state index < -0.39 is 0 Å². The highest BCUT2D eigenvalue weighted by Crippen LogP contribution is 2.29. The van der Waals surface area contributed by atoms with Crippen LogP contribution in [-0.2, 0) is 0 Å². The van der Waals surface area contributed by atoms with E-state index in [0.29, 0.717) is 11.8 Å². The maximum Gasteiger partial charge on any atom is 0.317 e. The average Bonchev–Trinajstić information content (AvgIpc) is 2.42. The van der Waals surface area contributed by atoms with Gasteiger partial charge in [-0.05, 0) is 44.0 Å². The lowest BCUT2D eigenvalue weighted by atomic mass is 10.1. The lowest BCUT2D eigenvalue weighted by Gasteiger charge is -2.32. The first-order valence-corrected chi connectivity index (χ1v) is 7.52. The number of halogens is 1. The number of urea groups is 1. The number of carbonyl (C=O) groups excluding carboxylic acids is 1. The van der Waals surface area contributed by atoms with Crippen molar-refractivity contribution in [3.05, 3.63) is 30.1 Å². The van der Waals surface area contributed by atoms with Gasteiger partial charge in [0, 0.05) is 31.2 Å². The lowest BCUT2D eigenvalue weighted by molar-refractivity contribution is 0.188. The molecule has 0 aliphatic carbocycles. The van der Waals surface area contributed by atoms with Crippen molar-refractivity contribution in [3.63, 3.8) is 0 Å². The molecule has 0 aromatic heterocycles. The molecule has 122 valence electrons. The molecule has 5 N–H and O–H groups in total. The molecule has 7 heteroatoms. The largest absolute Gasteiger partial charge is 0.412 e. The molecule has 5 nitrogen and oxygen atoms in total. The Morgan fingerprint density at radius 2 is 2.10 bits per heavy atom. The van der Waals surface area contributed by atoms with Gasteiger partial charge in [0.05, 0.1) is 0 Å². The number of nitrogens with zero attached hydrogens (tertiary/aromatic N) is 1. The number of benzene rings is 1. The van der Waals surface area contributed by atoms with Crippen LogP contribution in [0.3, 0.4) is 0 Å². The molecule has 0 spiro atoms.